The van der Waals surface area contributed by atoms with Crippen molar-refractivity contribution in [3.8, 4) is 6.01 Å². The molecule has 1 aromatic heterocycles. The Morgan fingerprint density at radius 3 is 2.89 bits per heavy atom. The highest BCUT2D eigenvalue weighted by Crippen LogP contribution is 2.21. The molecule has 1 amide bonds. The second-order valence-corrected chi connectivity index (χ2v) is 3.92. The number of ether oxygens (including phenoxy) is 2. The van der Waals surface area contributed by atoms with Crippen LogP contribution in [-0.2, 0) is 14.3 Å². The monoisotopic (exact) mass is 270 g/mol. The Balaban J connectivity index is 1.88. The Labute approximate surface area is 108 Å². The summed E-state index contributed by atoms with van der Waals surface area (Å²) >= 11 is 0. The number of carboxylic acid groups (broad SMARTS) is 1. The number of carbonyl (C=O) groups is 2. The molecule has 0 radical (unpaired) electrons. The summed E-state index contributed by atoms with van der Waals surface area (Å²) in [6, 6.07) is 0.133. The Kier molecular flexibility index (Phi) is 3.95. The van der Waals surface area contributed by atoms with Crippen molar-refractivity contribution in [2.45, 2.75) is 32.0 Å². The van der Waals surface area contributed by atoms with Gasteiger partial charge in [0.2, 0.25) is 5.95 Å². The van der Waals surface area contributed by atoms with E-state index < -0.39 is 24.1 Å². The number of amides is 1. The quantitative estimate of drug-likeness (QED) is 0.674. The van der Waals surface area contributed by atoms with Gasteiger partial charge in [-0.1, -0.05) is 0 Å². The normalized spacial score (nSPS) is 22.2. The number of aliphatic carboxylic acids is 1. The van der Waals surface area contributed by atoms with Crippen molar-refractivity contribution in [1.29, 1.82) is 0 Å². The molecule has 3 N–H and O–H groups in total. The van der Waals surface area contributed by atoms with Crippen LogP contribution in [0.2, 0.25) is 0 Å². The van der Waals surface area contributed by atoms with Crippen molar-refractivity contribution in [3.63, 3.8) is 0 Å². The molecule has 2 atom stereocenters. The predicted octanol–water partition coefficient (Wildman–Crippen LogP) is -0.226. The molecule has 1 aliphatic heterocycles. The van der Waals surface area contributed by atoms with Gasteiger partial charge >= 0.3 is 12.0 Å². The lowest BCUT2D eigenvalue weighted by Gasteiger charge is -2.09. The minimum Gasteiger partial charge on any atom is -0.479 e. The smallest absolute Gasteiger partial charge is 0.337 e. The maximum atomic E-state index is 11.8. The molecular weight excluding hydrogens is 256 g/mol. The van der Waals surface area contributed by atoms with Crippen molar-refractivity contribution >= 4 is 17.8 Å². The third-order valence-electron chi connectivity index (χ3n) is 2.57. The van der Waals surface area contributed by atoms with Gasteiger partial charge in [-0.3, -0.25) is 10.1 Å². The Morgan fingerprint density at radius 1 is 1.53 bits per heavy atom. The van der Waals surface area contributed by atoms with Crippen molar-refractivity contribution in [2.24, 2.45) is 0 Å². The molecule has 1 saturated heterocycles. The van der Waals surface area contributed by atoms with Gasteiger partial charge in [0, 0.05) is 0 Å². The van der Waals surface area contributed by atoms with Gasteiger partial charge in [-0.05, 0) is 19.8 Å². The number of nitrogens with one attached hydrogen (secondary N) is 2. The van der Waals surface area contributed by atoms with E-state index in [9.17, 15) is 9.59 Å². The molecule has 9 heteroatoms. The number of H-pyrrole nitrogens is 1. The number of hydrogen-bond acceptors (Lipinski definition) is 6. The standard InChI is InChI=1S/C10H14N4O5/c1-2-18-10-12-9(13-14-10)11-7(15)5-3-4-6(19-5)8(16)17/h5-6H,2-4H2,1H3,(H,16,17)(H2,11,12,13,14,15)/t5-,6+/m0/s1. The molecule has 0 aromatic carbocycles. The molecule has 9 nitrogen and oxygen atoms in total. The number of aromatic nitrogens is 3. The summed E-state index contributed by atoms with van der Waals surface area (Å²) in [6.07, 6.45) is -1.05. The number of aromatic amines is 1. The summed E-state index contributed by atoms with van der Waals surface area (Å²) < 4.78 is 10.1. The summed E-state index contributed by atoms with van der Waals surface area (Å²) in [5, 5.41) is 17.4. The summed E-state index contributed by atoms with van der Waals surface area (Å²) in [5.41, 5.74) is 0. The molecule has 1 aliphatic rings. The first-order valence-corrected chi connectivity index (χ1v) is 5.84. The number of hydrogen-bond donors (Lipinski definition) is 3. The van der Waals surface area contributed by atoms with E-state index in [0.717, 1.165) is 0 Å². The van der Waals surface area contributed by atoms with Gasteiger partial charge in [-0.25, -0.2) is 9.89 Å². The van der Waals surface area contributed by atoms with Gasteiger partial charge < -0.3 is 14.6 Å². The average Bonchev–Trinajstić information content (AvgIpc) is 2.98. The zero-order valence-corrected chi connectivity index (χ0v) is 10.3. The van der Waals surface area contributed by atoms with Crippen molar-refractivity contribution in [2.75, 3.05) is 11.9 Å². The van der Waals surface area contributed by atoms with Crippen LogP contribution >= 0.6 is 0 Å². The molecule has 1 fully saturated rings. The topological polar surface area (TPSA) is 126 Å². The molecule has 0 spiro atoms. The Morgan fingerprint density at radius 2 is 2.26 bits per heavy atom. The van der Waals surface area contributed by atoms with Gasteiger partial charge in [0.1, 0.15) is 6.10 Å². The summed E-state index contributed by atoms with van der Waals surface area (Å²) in [4.78, 5) is 26.4. The van der Waals surface area contributed by atoms with Crippen LogP contribution in [0.5, 0.6) is 6.01 Å². The van der Waals surface area contributed by atoms with E-state index in [1.54, 1.807) is 6.92 Å². The minimum atomic E-state index is -1.06. The molecule has 0 saturated carbocycles. The fourth-order valence-corrected chi connectivity index (χ4v) is 1.70. The SMILES string of the molecule is CCOc1n[nH]c(NC(=O)[C@@H]2CC[C@H](C(=O)O)O2)n1. The molecule has 2 rings (SSSR count). The summed E-state index contributed by atoms with van der Waals surface area (Å²) in [6.45, 7) is 2.20. The first kappa shape index (κ1) is 13.3. The molecule has 1 aromatic rings. The maximum Gasteiger partial charge on any atom is 0.337 e. The number of rotatable bonds is 5. The summed E-state index contributed by atoms with van der Waals surface area (Å²) in [5.74, 6) is -1.38. The van der Waals surface area contributed by atoms with E-state index >= 15 is 0 Å². The molecule has 19 heavy (non-hydrogen) atoms. The van der Waals surface area contributed by atoms with E-state index in [1.807, 2.05) is 0 Å². The number of anilines is 1. The predicted molar refractivity (Wildman–Crippen MR) is 61.7 cm³/mol. The van der Waals surface area contributed by atoms with Gasteiger partial charge in [-0.15, -0.1) is 5.10 Å². The second-order valence-electron chi connectivity index (χ2n) is 3.92. The molecule has 0 aliphatic carbocycles. The first-order valence-electron chi connectivity index (χ1n) is 5.84. The van der Waals surface area contributed by atoms with Crippen LogP contribution in [0.1, 0.15) is 19.8 Å². The highest BCUT2D eigenvalue weighted by molar-refractivity contribution is 5.93. The highest BCUT2D eigenvalue weighted by atomic mass is 16.5. The zero-order chi connectivity index (χ0) is 13.8. The fourth-order valence-electron chi connectivity index (χ4n) is 1.70. The van der Waals surface area contributed by atoms with Crippen molar-refractivity contribution < 1.29 is 24.2 Å². The molecule has 0 bridgehead atoms. The van der Waals surface area contributed by atoms with E-state index in [0.29, 0.717) is 19.4 Å². The van der Waals surface area contributed by atoms with E-state index in [2.05, 4.69) is 20.5 Å². The van der Waals surface area contributed by atoms with Gasteiger partial charge in [0.15, 0.2) is 6.10 Å². The van der Waals surface area contributed by atoms with E-state index in [1.165, 1.54) is 0 Å². The van der Waals surface area contributed by atoms with Crippen LogP contribution in [0, 0.1) is 0 Å². The Bertz CT molecular complexity index is 474. The third kappa shape index (κ3) is 3.19. The zero-order valence-electron chi connectivity index (χ0n) is 10.3. The third-order valence-corrected chi connectivity index (χ3v) is 2.57. The lowest BCUT2D eigenvalue weighted by Crippen LogP contribution is -2.30. The number of nitrogens with zero attached hydrogens (tertiary/aromatic N) is 2. The average molecular weight is 270 g/mol. The highest BCUT2D eigenvalue weighted by Gasteiger charge is 2.35. The van der Waals surface area contributed by atoms with Gasteiger partial charge in [-0.2, -0.15) is 4.98 Å². The van der Waals surface area contributed by atoms with Crippen LogP contribution in [-0.4, -0.2) is 51.0 Å². The largest absolute Gasteiger partial charge is 0.479 e. The van der Waals surface area contributed by atoms with Crippen molar-refractivity contribution in [1.82, 2.24) is 15.2 Å². The number of carbonyl (C=O) groups excluding carboxylic acids is 1. The van der Waals surface area contributed by atoms with Crippen LogP contribution in [0.15, 0.2) is 0 Å². The van der Waals surface area contributed by atoms with Gasteiger partial charge in [0.25, 0.3) is 5.91 Å². The van der Waals surface area contributed by atoms with E-state index in [-0.39, 0.29) is 12.0 Å². The Hall–Kier alpha value is -2.16. The van der Waals surface area contributed by atoms with Crippen LogP contribution in [0.25, 0.3) is 0 Å². The van der Waals surface area contributed by atoms with Crippen LogP contribution < -0.4 is 10.1 Å². The van der Waals surface area contributed by atoms with E-state index in [4.69, 9.17) is 14.6 Å². The fraction of sp³-hybridized carbons (Fsp3) is 0.600. The molecule has 0 unspecified atom stereocenters. The van der Waals surface area contributed by atoms with Crippen LogP contribution in [0.3, 0.4) is 0 Å². The maximum absolute atomic E-state index is 11.8. The molecular formula is C10H14N4O5. The van der Waals surface area contributed by atoms with Gasteiger partial charge in [0.05, 0.1) is 6.61 Å². The minimum absolute atomic E-state index is 0.133. The molecule has 104 valence electrons. The first-order chi connectivity index (χ1) is 9.10. The summed E-state index contributed by atoms with van der Waals surface area (Å²) in [7, 11) is 0. The lowest BCUT2D eigenvalue weighted by molar-refractivity contribution is -0.150. The molecule has 2 heterocycles. The van der Waals surface area contributed by atoms with Crippen molar-refractivity contribution in [3.05, 3.63) is 0 Å². The number of carboxylic acids is 1. The lowest BCUT2D eigenvalue weighted by atomic mass is 10.2. The second kappa shape index (κ2) is 5.65. The van der Waals surface area contributed by atoms with Crippen LogP contribution in [0.4, 0.5) is 5.95 Å².